The Morgan fingerprint density at radius 3 is 2.30 bits per heavy atom. The fourth-order valence-corrected chi connectivity index (χ4v) is 5.23. The fraction of sp³-hybridized carbons (Fsp3) is 0.0400. The number of benzene rings is 4. The van der Waals surface area contributed by atoms with E-state index in [1.807, 2.05) is 0 Å². The first-order chi connectivity index (χ1) is 15.7. The molecular formula is C25H20FNO4S2. The van der Waals surface area contributed by atoms with Crippen LogP contribution in [0.3, 0.4) is 0 Å². The number of anilines is 1. The highest BCUT2D eigenvalue weighted by atomic mass is 32.2. The number of thioether (sulfide) groups is 1. The molecular weight excluding hydrogens is 461 g/mol. The van der Waals surface area contributed by atoms with E-state index in [1.54, 1.807) is 48.5 Å². The first kappa shape index (κ1) is 22.7. The third kappa shape index (κ3) is 4.97. The molecule has 4 aromatic rings. The number of aromatic hydroxyl groups is 1. The number of hydrogen-bond acceptors (Lipinski definition) is 5. The van der Waals surface area contributed by atoms with E-state index in [1.165, 1.54) is 30.3 Å². The van der Waals surface area contributed by atoms with E-state index in [4.69, 9.17) is 0 Å². The third-order valence-electron chi connectivity index (χ3n) is 4.94. The molecule has 33 heavy (non-hydrogen) atoms. The Hall–Kier alpha value is -3.49. The lowest BCUT2D eigenvalue weighted by Crippen LogP contribution is -2.13. The van der Waals surface area contributed by atoms with Crippen LogP contribution in [0.5, 0.6) is 5.75 Å². The van der Waals surface area contributed by atoms with Crippen molar-refractivity contribution in [1.82, 2.24) is 0 Å². The molecule has 0 fully saturated rings. The Morgan fingerprint density at radius 2 is 1.64 bits per heavy atom. The smallest absolute Gasteiger partial charge is 0.261 e. The lowest BCUT2D eigenvalue weighted by molar-refractivity contribution is 0.420. The van der Waals surface area contributed by atoms with E-state index in [9.17, 15) is 23.0 Å². The van der Waals surface area contributed by atoms with Crippen LogP contribution >= 0.6 is 11.8 Å². The number of rotatable bonds is 7. The van der Waals surface area contributed by atoms with E-state index in [-0.39, 0.29) is 28.0 Å². The molecule has 0 amide bonds. The Balaban J connectivity index is 1.69. The topological polar surface area (TPSA) is 86.6 Å². The van der Waals surface area contributed by atoms with Crippen molar-refractivity contribution in [3.05, 3.63) is 97.0 Å². The van der Waals surface area contributed by atoms with Gasteiger partial charge in [-0.05, 0) is 41.5 Å². The second-order valence-electron chi connectivity index (χ2n) is 7.31. The van der Waals surface area contributed by atoms with Crippen LogP contribution in [0.1, 0.15) is 0 Å². The Morgan fingerprint density at radius 1 is 0.939 bits per heavy atom. The van der Waals surface area contributed by atoms with Gasteiger partial charge in [-0.3, -0.25) is 4.72 Å². The molecule has 0 heterocycles. The largest absolute Gasteiger partial charge is 0.512 e. The van der Waals surface area contributed by atoms with Gasteiger partial charge in [0.25, 0.3) is 10.0 Å². The second-order valence-corrected chi connectivity index (χ2v) is 10.0. The summed E-state index contributed by atoms with van der Waals surface area (Å²) in [6.07, 6.45) is 0. The molecule has 0 aliphatic heterocycles. The number of aliphatic hydroxyl groups excluding tert-OH is 1. The number of halogens is 1. The number of hydrogen-bond donors (Lipinski definition) is 3. The zero-order valence-electron chi connectivity index (χ0n) is 17.3. The van der Waals surface area contributed by atoms with Crippen molar-refractivity contribution in [2.45, 2.75) is 9.79 Å². The van der Waals surface area contributed by atoms with Gasteiger partial charge < -0.3 is 10.2 Å². The normalized spacial score (nSPS) is 11.4. The molecule has 168 valence electrons. The van der Waals surface area contributed by atoms with Crippen molar-refractivity contribution in [2.75, 3.05) is 10.5 Å². The monoisotopic (exact) mass is 481 g/mol. The van der Waals surface area contributed by atoms with Crippen LogP contribution in [0.25, 0.3) is 21.9 Å². The molecule has 3 N–H and O–H groups in total. The van der Waals surface area contributed by atoms with Gasteiger partial charge in [-0.15, -0.1) is 11.8 Å². The highest BCUT2D eigenvalue weighted by Gasteiger charge is 2.19. The van der Waals surface area contributed by atoms with Gasteiger partial charge in [0.05, 0.1) is 27.0 Å². The summed E-state index contributed by atoms with van der Waals surface area (Å²) in [5.41, 5.74) is 1.62. The molecule has 4 rings (SSSR count). The molecule has 0 radical (unpaired) electrons. The van der Waals surface area contributed by atoms with Gasteiger partial charge in [0.1, 0.15) is 11.6 Å². The minimum absolute atomic E-state index is 0.000700. The summed E-state index contributed by atoms with van der Waals surface area (Å²) in [5.74, 6) is -0.282. The lowest BCUT2D eigenvalue weighted by atomic mass is 10.1. The summed E-state index contributed by atoms with van der Waals surface area (Å²) >= 11 is 1.14. The summed E-state index contributed by atoms with van der Waals surface area (Å²) in [5, 5.41) is 21.0. The van der Waals surface area contributed by atoms with Crippen LogP contribution in [0.4, 0.5) is 10.1 Å². The van der Waals surface area contributed by atoms with Crippen molar-refractivity contribution in [3.8, 4) is 16.9 Å². The van der Waals surface area contributed by atoms with Crippen LogP contribution in [0.2, 0.25) is 0 Å². The maximum Gasteiger partial charge on any atom is 0.261 e. The fourth-order valence-electron chi connectivity index (χ4n) is 3.39. The molecule has 0 aromatic heterocycles. The predicted octanol–water partition coefficient (Wildman–Crippen LogP) is 6.32. The van der Waals surface area contributed by atoms with Crippen LogP contribution in [0, 0.1) is 5.82 Å². The van der Waals surface area contributed by atoms with Crippen molar-refractivity contribution in [3.63, 3.8) is 0 Å². The summed E-state index contributed by atoms with van der Waals surface area (Å²) in [6.45, 7) is 3.44. The number of fused-ring (bicyclic) bond motifs is 1. The standard InChI is InChI=1S/C25H20FNO4S2/c1-16(28)15-32-24-14-23(21-7-2-3-8-22(21)25(24)29)27-33(30,31)20-11-9-17(10-12-20)18-5-4-6-19(26)13-18/h2-14,27-29H,1,15H2. The van der Waals surface area contributed by atoms with Gasteiger partial charge in [-0.1, -0.05) is 55.1 Å². The molecule has 4 aromatic carbocycles. The first-order valence-corrected chi connectivity index (χ1v) is 12.3. The predicted molar refractivity (Wildman–Crippen MR) is 131 cm³/mol. The maximum atomic E-state index is 13.5. The molecule has 0 atom stereocenters. The van der Waals surface area contributed by atoms with Crippen molar-refractivity contribution in [1.29, 1.82) is 0 Å². The van der Waals surface area contributed by atoms with Gasteiger partial charge in [-0.2, -0.15) is 0 Å². The molecule has 0 aliphatic rings. The van der Waals surface area contributed by atoms with E-state index < -0.39 is 10.0 Å². The van der Waals surface area contributed by atoms with E-state index in [2.05, 4.69) is 11.3 Å². The van der Waals surface area contributed by atoms with Crippen LogP contribution < -0.4 is 4.72 Å². The molecule has 0 unspecified atom stereocenters. The third-order valence-corrected chi connectivity index (χ3v) is 7.42. The van der Waals surface area contributed by atoms with Crippen molar-refractivity contribution >= 4 is 38.2 Å². The van der Waals surface area contributed by atoms with Crippen molar-refractivity contribution < 1.29 is 23.0 Å². The molecule has 0 bridgehead atoms. The van der Waals surface area contributed by atoms with Crippen molar-refractivity contribution in [2.24, 2.45) is 0 Å². The molecule has 0 aliphatic carbocycles. The summed E-state index contributed by atoms with van der Waals surface area (Å²) in [7, 11) is -3.95. The summed E-state index contributed by atoms with van der Waals surface area (Å²) in [4.78, 5) is 0.445. The maximum absolute atomic E-state index is 13.5. The van der Waals surface area contributed by atoms with Crippen LogP contribution in [-0.4, -0.2) is 24.4 Å². The van der Waals surface area contributed by atoms with Crippen LogP contribution in [-0.2, 0) is 10.0 Å². The highest BCUT2D eigenvalue weighted by Crippen LogP contribution is 2.40. The lowest BCUT2D eigenvalue weighted by Gasteiger charge is -2.15. The Bertz CT molecular complexity index is 1450. The van der Waals surface area contributed by atoms with E-state index >= 15 is 0 Å². The number of nitrogens with one attached hydrogen (secondary N) is 1. The molecule has 8 heteroatoms. The average Bonchev–Trinajstić information content (AvgIpc) is 2.80. The minimum atomic E-state index is -3.95. The molecule has 0 saturated heterocycles. The van der Waals surface area contributed by atoms with Gasteiger partial charge in [0, 0.05) is 10.8 Å². The minimum Gasteiger partial charge on any atom is -0.512 e. The SMILES string of the molecule is C=C(O)CSc1cc(NS(=O)(=O)c2ccc(-c3cccc(F)c3)cc2)c2ccccc2c1O. The number of phenolic OH excluding ortho intramolecular Hbond substituents is 1. The van der Waals surface area contributed by atoms with Gasteiger partial charge in [0.15, 0.2) is 0 Å². The zero-order valence-corrected chi connectivity index (χ0v) is 19.0. The van der Waals surface area contributed by atoms with Gasteiger partial charge in [-0.25, -0.2) is 12.8 Å². The second kappa shape index (κ2) is 9.17. The molecule has 5 nitrogen and oxygen atoms in total. The first-order valence-electron chi connectivity index (χ1n) is 9.88. The summed E-state index contributed by atoms with van der Waals surface area (Å²) in [6, 6.07) is 20.6. The van der Waals surface area contributed by atoms with E-state index in [0.29, 0.717) is 32.5 Å². The zero-order chi connectivity index (χ0) is 23.6. The molecule has 0 spiro atoms. The van der Waals surface area contributed by atoms with Gasteiger partial charge >= 0.3 is 0 Å². The molecule has 0 saturated carbocycles. The Kier molecular flexibility index (Phi) is 6.31. The van der Waals surface area contributed by atoms with Crippen LogP contribution in [0.15, 0.2) is 101 Å². The summed E-state index contributed by atoms with van der Waals surface area (Å²) < 4.78 is 42.3. The highest BCUT2D eigenvalue weighted by molar-refractivity contribution is 7.99. The average molecular weight is 482 g/mol. The quantitative estimate of drug-likeness (QED) is 0.163. The number of phenols is 1. The number of aliphatic hydroxyl groups is 1. The van der Waals surface area contributed by atoms with E-state index in [0.717, 1.165) is 11.8 Å². The Labute approximate surface area is 195 Å². The van der Waals surface area contributed by atoms with Gasteiger partial charge in [0.2, 0.25) is 0 Å². The number of sulfonamides is 1.